The third kappa shape index (κ3) is 5.10. The second-order valence-corrected chi connectivity index (χ2v) is 8.00. The van der Waals surface area contributed by atoms with Gasteiger partial charge in [0.05, 0.1) is 22.6 Å². The zero-order valence-electron chi connectivity index (χ0n) is 12.5. The summed E-state index contributed by atoms with van der Waals surface area (Å²) in [7, 11) is -3.21. The predicted molar refractivity (Wildman–Crippen MR) is 75.5 cm³/mol. The van der Waals surface area contributed by atoms with Crippen LogP contribution >= 0.6 is 0 Å². The van der Waals surface area contributed by atoms with Crippen molar-refractivity contribution in [1.82, 2.24) is 5.32 Å². The molecule has 1 aliphatic rings. The van der Waals surface area contributed by atoms with Crippen LogP contribution in [0.2, 0.25) is 0 Å². The van der Waals surface area contributed by atoms with Gasteiger partial charge >= 0.3 is 12.4 Å². The van der Waals surface area contributed by atoms with Crippen molar-refractivity contribution in [1.29, 1.82) is 0 Å². The number of alkyl halides is 6. The predicted octanol–water partition coefficient (Wildman–Crippen LogP) is 2.89. The first kappa shape index (κ1) is 19.5. The molecule has 1 heterocycles. The maximum absolute atomic E-state index is 12.8. The van der Waals surface area contributed by atoms with Gasteiger partial charge in [-0.1, -0.05) is 0 Å². The lowest BCUT2D eigenvalue weighted by Gasteiger charge is -2.15. The molecule has 0 saturated carbocycles. The van der Waals surface area contributed by atoms with E-state index in [1.807, 2.05) is 0 Å². The van der Waals surface area contributed by atoms with Crippen LogP contribution in [-0.4, -0.2) is 32.4 Å². The lowest BCUT2D eigenvalue weighted by molar-refractivity contribution is -0.143. The van der Waals surface area contributed by atoms with Gasteiger partial charge in [0.25, 0.3) is 5.91 Å². The summed E-state index contributed by atoms with van der Waals surface area (Å²) in [5.74, 6) is -1.78. The number of hydrogen-bond donors (Lipinski definition) is 1. The molecule has 0 radical (unpaired) electrons. The van der Waals surface area contributed by atoms with Crippen molar-refractivity contribution in [3.63, 3.8) is 0 Å². The number of rotatable bonds is 3. The maximum atomic E-state index is 12.8. The fourth-order valence-corrected chi connectivity index (χ4v) is 4.32. The molecule has 140 valence electrons. The van der Waals surface area contributed by atoms with Crippen molar-refractivity contribution in [2.24, 2.45) is 5.92 Å². The summed E-state index contributed by atoms with van der Waals surface area (Å²) in [5, 5.41) is 2.20. The Bertz CT molecular complexity index is 738. The number of hydrogen-bond acceptors (Lipinski definition) is 3. The average Bonchev–Trinajstić information content (AvgIpc) is 2.82. The molecule has 11 heteroatoms. The van der Waals surface area contributed by atoms with Gasteiger partial charge in [0.15, 0.2) is 9.84 Å². The van der Waals surface area contributed by atoms with Crippen LogP contribution in [0.25, 0.3) is 0 Å². The Morgan fingerprint density at radius 1 is 1.04 bits per heavy atom. The molecule has 1 aliphatic heterocycles. The lowest BCUT2D eigenvalue weighted by atomic mass is 10.0. The summed E-state index contributed by atoms with van der Waals surface area (Å²) < 4.78 is 99.1. The van der Waals surface area contributed by atoms with Crippen LogP contribution in [0.3, 0.4) is 0 Å². The third-order valence-electron chi connectivity index (χ3n) is 3.73. The number of nitrogens with one attached hydrogen (secondary N) is 1. The van der Waals surface area contributed by atoms with Gasteiger partial charge in [-0.25, -0.2) is 8.42 Å². The van der Waals surface area contributed by atoms with Crippen LogP contribution in [0, 0.1) is 5.92 Å². The highest BCUT2D eigenvalue weighted by molar-refractivity contribution is 7.91. The van der Waals surface area contributed by atoms with E-state index in [2.05, 4.69) is 5.32 Å². The number of sulfone groups is 1. The van der Waals surface area contributed by atoms with E-state index >= 15 is 0 Å². The molecule has 4 nitrogen and oxygen atoms in total. The fraction of sp³-hybridized carbons (Fsp3) is 0.500. The molecule has 25 heavy (non-hydrogen) atoms. The normalized spacial score (nSPS) is 20.5. The summed E-state index contributed by atoms with van der Waals surface area (Å²) in [6.45, 7) is -0.143. The van der Waals surface area contributed by atoms with Crippen LogP contribution < -0.4 is 5.32 Å². The quantitative estimate of drug-likeness (QED) is 0.809. The van der Waals surface area contributed by atoms with Crippen molar-refractivity contribution in [3.8, 4) is 0 Å². The van der Waals surface area contributed by atoms with Crippen molar-refractivity contribution >= 4 is 15.7 Å². The Balaban J connectivity index is 2.21. The van der Waals surface area contributed by atoms with Crippen LogP contribution in [0.5, 0.6) is 0 Å². The molecule has 1 fully saturated rings. The standard InChI is InChI=1S/C14H13F6NO3S/c15-13(16,17)10-3-9(4-11(5-10)14(18,19)20)12(22)21-6-8-1-2-25(23,24)7-8/h3-5,8H,1-2,6-7H2,(H,21,22). The van der Waals surface area contributed by atoms with Gasteiger partial charge in [-0.15, -0.1) is 0 Å². The first-order valence-corrected chi connectivity index (χ1v) is 8.88. The summed E-state index contributed by atoms with van der Waals surface area (Å²) >= 11 is 0. The fourth-order valence-electron chi connectivity index (χ4n) is 2.46. The SMILES string of the molecule is O=C(NCC1CCS(=O)(=O)C1)c1cc(C(F)(F)F)cc(C(F)(F)F)c1. The molecular formula is C14H13F6NO3S. The highest BCUT2D eigenvalue weighted by Crippen LogP contribution is 2.36. The van der Waals surface area contributed by atoms with Gasteiger partial charge in [-0.05, 0) is 30.5 Å². The van der Waals surface area contributed by atoms with E-state index in [-0.39, 0.29) is 30.5 Å². The van der Waals surface area contributed by atoms with Gasteiger partial charge in [0.2, 0.25) is 0 Å². The number of halogens is 6. The van der Waals surface area contributed by atoms with Crippen LogP contribution in [-0.2, 0) is 22.2 Å². The second-order valence-electron chi connectivity index (χ2n) is 5.77. The lowest BCUT2D eigenvalue weighted by Crippen LogP contribution is -2.30. The van der Waals surface area contributed by atoms with E-state index in [1.165, 1.54) is 0 Å². The Hall–Kier alpha value is -1.78. The summed E-state index contributed by atoms with van der Waals surface area (Å²) in [5.41, 5.74) is -3.96. The number of carbonyl (C=O) groups is 1. The van der Waals surface area contributed by atoms with Crippen molar-refractivity contribution in [2.75, 3.05) is 18.1 Å². The monoisotopic (exact) mass is 389 g/mol. The Morgan fingerprint density at radius 3 is 1.96 bits per heavy atom. The Morgan fingerprint density at radius 2 is 1.56 bits per heavy atom. The topological polar surface area (TPSA) is 63.2 Å². The van der Waals surface area contributed by atoms with Crippen molar-refractivity contribution in [2.45, 2.75) is 18.8 Å². The third-order valence-corrected chi connectivity index (χ3v) is 5.56. The van der Waals surface area contributed by atoms with Crippen molar-refractivity contribution in [3.05, 3.63) is 34.9 Å². The maximum Gasteiger partial charge on any atom is 0.416 e. The van der Waals surface area contributed by atoms with E-state index in [0.29, 0.717) is 12.1 Å². The summed E-state index contributed by atoms with van der Waals surface area (Å²) in [6, 6.07) is 0.590. The molecule has 0 aromatic heterocycles. The van der Waals surface area contributed by atoms with E-state index in [1.54, 1.807) is 0 Å². The minimum Gasteiger partial charge on any atom is -0.352 e. The molecule has 2 rings (SSSR count). The average molecular weight is 389 g/mol. The first-order valence-electron chi connectivity index (χ1n) is 7.06. The molecule has 1 atom stereocenters. The van der Waals surface area contributed by atoms with Crippen molar-refractivity contribution < 1.29 is 39.6 Å². The Labute approximate surface area is 139 Å². The number of carbonyl (C=O) groups excluding carboxylic acids is 1. The summed E-state index contributed by atoms with van der Waals surface area (Å²) in [6.07, 6.45) is -9.81. The molecule has 0 spiro atoms. The minimum absolute atomic E-state index is 0.0602. The molecule has 1 aromatic rings. The molecule has 1 saturated heterocycles. The first-order chi connectivity index (χ1) is 11.3. The number of benzene rings is 1. The second kappa shape index (κ2) is 6.50. The minimum atomic E-state index is -5.05. The molecule has 1 amide bonds. The molecule has 1 N–H and O–H groups in total. The van der Waals surface area contributed by atoms with Gasteiger partial charge in [-0.3, -0.25) is 4.79 Å². The molecule has 0 aliphatic carbocycles. The van der Waals surface area contributed by atoms with Crippen LogP contribution in [0.15, 0.2) is 18.2 Å². The molecular weight excluding hydrogens is 376 g/mol. The highest BCUT2D eigenvalue weighted by Gasteiger charge is 2.37. The molecule has 0 bridgehead atoms. The van der Waals surface area contributed by atoms with Gasteiger partial charge in [0, 0.05) is 12.1 Å². The summed E-state index contributed by atoms with van der Waals surface area (Å²) in [4.78, 5) is 11.9. The van der Waals surface area contributed by atoms with Gasteiger partial charge < -0.3 is 5.32 Å². The Kier molecular flexibility index (Phi) is 5.08. The highest BCUT2D eigenvalue weighted by atomic mass is 32.2. The zero-order valence-corrected chi connectivity index (χ0v) is 13.4. The van der Waals surface area contributed by atoms with Gasteiger partial charge in [-0.2, -0.15) is 26.3 Å². The van der Waals surface area contributed by atoms with E-state index in [0.717, 1.165) is 0 Å². The molecule has 1 aromatic carbocycles. The van der Waals surface area contributed by atoms with E-state index in [4.69, 9.17) is 0 Å². The largest absolute Gasteiger partial charge is 0.416 e. The number of amides is 1. The zero-order chi connectivity index (χ0) is 19.0. The van der Waals surface area contributed by atoms with Gasteiger partial charge in [0.1, 0.15) is 0 Å². The van der Waals surface area contributed by atoms with Crippen LogP contribution in [0.4, 0.5) is 26.3 Å². The van der Waals surface area contributed by atoms with E-state index < -0.39 is 50.7 Å². The van der Waals surface area contributed by atoms with Crippen LogP contribution in [0.1, 0.15) is 27.9 Å². The molecule has 1 unspecified atom stereocenters. The smallest absolute Gasteiger partial charge is 0.352 e. The van der Waals surface area contributed by atoms with E-state index in [9.17, 15) is 39.6 Å².